The van der Waals surface area contributed by atoms with Gasteiger partial charge in [0.05, 0.1) is 16.6 Å². The van der Waals surface area contributed by atoms with Crippen LogP contribution in [-0.2, 0) is 15.8 Å². The highest BCUT2D eigenvalue weighted by Gasteiger charge is 2.45. The maximum atomic E-state index is 14.4. The molecule has 5 nitrogen and oxygen atoms in total. The van der Waals surface area contributed by atoms with Crippen LogP contribution in [0.2, 0.25) is 5.02 Å². The lowest BCUT2D eigenvalue weighted by atomic mass is 9.94. The van der Waals surface area contributed by atoms with Crippen molar-refractivity contribution in [2.45, 2.75) is 39.0 Å². The average molecular weight is 458 g/mol. The number of halogens is 5. The van der Waals surface area contributed by atoms with Crippen LogP contribution in [0, 0.1) is 11.7 Å². The maximum absolute atomic E-state index is 14.4. The predicted octanol–water partition coefficient (Wildman–Crippen LogP) is 4.85. The third kappa shape index (κ3) is 4.51. The second-order valence-corrected chi connectivity index (χ2v) is 8.11. The molecule has 2 heterocycles. The van der Waals surface area contributed by atoms with Crippen molar-refractivity contribution in [3.05, 3.63) is 58.5 Å². The molecular formula is C21H20ClF4N3O2. The monoisotopic (exact) mass is 457 g/mol. The Kier molecular flexibility index (Phi) is 6.27. The molecule has 2 aromatic rings. The van der Waals surface area contributed by atoms with E-state index >= 15 is 0 Å². The molecule has 1 saturated heterocycles. The van der Waals surface area contributed by atoms with E-state index in [2.05, 4.69) is 4.98 Å². The number of pyridine rings is 1. The van der Waals surface area contributed by atoms with Crippen molar-refractivity contribution in [3.8, 4) is 0 Å². The molecule has 3 rings (SSSR count). The topological polar surface area (TPSA) is 53.5 Å². The van der Waals surface area contributed by atoms with E-state index in [4.69, 9.17) is 11.6 Å². The van der Waals surface area contributed by atoms with Gasteiger partial charge in [0.25, 0.3) is 5.91 Å². The summed E-state index contributed by atoms with van der Waals surface area (Å²) >= 11 is 5.72. The zero-order valence-corrected chi connectivity index (χ0v) is 17.7. The number of rotatable bonds is 4. The predicted molar refractivity (Wildman–Crippen MR) is 107 cm³/mol. The van der Waals surface area contributed by atoms with E-state index in [0.29, 0.717) is 5.56 Å². The second-order valence-electron chi connectivity index (χ2n) is 7.67. The fourth-order valence-electron chi connectivity index (χ4n) is 3.69. The van der Waals surface area contributed by atoms with E-state index in [9.17, 15) is 27.2 Å². The number of aromatic nitrogens is 1. The number of hydrogen-bond donors (Lipinski definition) is 0. The van der Waals surface area contributed by atoms with E-state index in [1.54, 1.807) is 20.8 Å². The van der Waals surface area contributed by atoms with Gasteiger partial charge in [0.1, 0.15) is 12.6 Å². The molecule has 2 amide bonds. The summed E-state index contributed by atoms with van der Waals surface area (Å²) in [5.41, 5.74) is -0.357. The van der Waals surface area contributed by atoms with Crippen LogP contribution in [0.5, 0.6) is 0 Å². The molecule has 1 unspecified atom stereocenters. The molecule has 166 valence electrons. The molecule has 2 atom stereocenters. The Bertz CT molecular complexity index is 995. The number of nitrogens with zero attached hydrogens (tertiary/aromatic N) is 3. The van der Waals surface area contributed by atoms with Crippen LogP contribution in [-0.4, -0.2) is 34.3 Å². The second kappa shape index (κ2) is 8.45. The van der Waals surface area contributed by atoms with Crippen molar-refractivity contribution in [2.24, 2.45) is 5.92 Å². The Hall–Kier alpha value is -2.68. The summed E-state index contributed by atoms with van der Waals surface area (Å²) in [6.07, 6.45) is -3.30. The highest BCUT2D eigenvalue weighted by Crippen LogP contribution is 2.34. The van der Waals surface area contributed by atoms with E-state index in [1.807, 2.05) is 0 Å². The summed E-state index contributed by atoms with van der Waals surface area (Å²) < 4.78 is 52.9. The van der Waals surface area contributed by atoms with Crippen molar-refractivity contribution in [1.82, 2.24) is 9.88 Å². The van der Waals surface area contributed by atoms with Crippen molar-refractivity contribution in [2.75, 3.05) is 11.4 Å². The summed E-state index contributed by atoms with van der Waals surface area (Å²) in [6.45, 7) is 4.66. The van der Waals surface area contributed by atoms with Gasteiger partial charge in [-0.05, 0) is 36.6 Å². The highest BCUT2D eigenvalue weighted by molar-refractivity contribution is 6.30. The molecule has 0 spiro atoms. The molecule has 31 heavy (non-hydrogen) atoms. The molecule has 1 aliphatic rings. The van der Waals surface area contributed by atoms with Crippen molar-refractivity contribution in [1.29, 1.82) is 0 Å². The molecule has 0 radical (unpaired) electrons. The molecular weight excluding hydrogens is 438 g/mol. The third-order valence-corrected chi connectivity index (χ3v) is 5.42. The fraction of sp³-hybridized carbons (Fsp3) is 0.381. The van der Waals surface area contributed by atoms with Gasteiger partial charge in [0.2, 0.25) is 5.91 Å². The molecule has 1 aliphatic heterocycles. The highest BCUT2D eigenvalue weighted by atomic mass is 35.5. The smallest absolute Gasteiger partial charge is 0.322 e. The minimum absolute atomic E-state index is 0.0509. The zero-order chi connectivity index (χ0) is 23.1. The Morgan fingerprint density at radius 3 is 2.26 bits per heavy atom. The van der Waals surface area contributed by atoms with Crippen LogP contribution in [0.3, 0.4) is 0 Å². The molecule has 1 fully saturated rings. The van der Waals surface area contributed by atoms with Crippen molar-refractivity contribution >= 4 is 29.2 Å². The van der Waals surface area contributed by atoms with E-state index in [-0.39, 0.29) is 16.8 Å². The molecule has 0 N–H and O–H groups in total. The van der Waals surface area contributed by atoms with E-state index in [0.717, 1.165) is 23.1 Å². The Balaban J connectivity index is 1.94. The van der Waals surface area contributed by atoms with Gasteiger partial charge < -0.3 is 4.90 Å². The number of alkyl halides is 3. The normalized spacial score (nSPS) is 18.7. The number of carbonyl (C=O) groups excluding carboxylic acids is 2. The van der Waals surface area contributed by atoms with Gasteiger partial charge in [-0.25, -0.2) is 9.37 Å². The molecule has 10 heteroatoms. The minimum Gasteiger partial charge on any atom is -0.322 e. The molecule has 1 aromatic heterocycles. The lowest BCUT2D eigenvalue weighted by Crippen LogP contribution is -2.62. The maximum Gasteiger partial charge on any atom is 0.416 e. The lowest BCUT2D eigenvalue weighted by molar-refractivity contribution is -0.147. The van der Waals surface area contributed by atoms with Gasteiger partial charge >= 0.3 is 6.18 Å². The lowest BCUT2D eigenvalue weighted by Gasteiger charge is -2.44. The largest absolute Gasteiger partial charge is 0.416 e. The zero-order valence-electron chi connectivity index (χ0n) is 17.0. The minimum atomic E-state index is -4.48. The number of carbonyl (C=O) groups is 2. The number of hydrogen-bond acceptors (Lipinski definition) is 3. The third-order valence-electron chi connectivity index (χ3n) is 5.21. The van der Waals surface area contributed by atoms with E-state index < -0.39 is 48.0 Å². The number of anilines is 1. The Morgan fingerprint density at radius 2 is 1.74 bits per heavy atom. The number of piperazine rings is 1. The molecule has 0 bridgehead atoms. The van der Waals surface area contributed by atoms with Crippen molar-refractivity contribution in [3.63, 3.8) is 0 Å². The van der Waals surface area contributed by atoms with Crippen LogP contribution in [0.4, 0.5) is 23.4 Å². The van der Waals surface area contributed by atoms with Gasteiger partial charge in [0.15, 0.2) is 11.6 Å². The summed E-state index contributed by atoms with van der Waals surface area (Å²) in [5.74, 6) is -2.47. The van der Waals surface area contributed by atoms with Crippen LogP contribution >= 0.6 is 11.6 Å². The van der Waals surface area contributed by atoms with Gasteiger partial charge in [0, 0.05) is 6.20 Å². The molecule has 1 aromatic carbocycles. The van der Waals surface area contributed by atoms with Crippen molar-refractivity contribution < 1.29 is 27.2 Å². The standard InChI is InChI=1S/C21H20ClF4N3O2/c1-11(2)18-20(31)28(19-16(23)8-15(22)9-27-19)10-17(30)29(18)12(3)13-4-6-14(7-5-13)21(24,25)26/h4-9,11-12,18H,10H2,1-3H3/t12-,18?/m0/s1. The van der Waals surface area contributed by atoms with Gasteiger partial charge in [-0.15, -0.1) is 0 Å². The van der Waals surface area contributed by atoms with Crippen LogP contribution in [0.25, 0.3) is 0 Å². The Labute approximate surface area is 181 Å². The fourth-order valence-corrected chi connectivity index (χ4v) is 3.83. The van der Waals surface area contributed by atoms with Gasteiger partial charge in [-0.3, -0.25) is 14.5 Å². The summed E-state index contributed by atoms with van der Waals surface area (Å²) in [6, 6.07) is 3.83. The first kappa shape index (κ1) is 23.0. The first-order chi connectivity index (χ1) is 14.4. The summed E-state index contributed by atoms with van der Waals surface area (Å²) in [5, 5.41) is 0.0509. The van der Waals surface area contributed by atoms with Crippen LogP contribution in [0.1, 0.15) is 37.9 Å². The first-order valence-electron chi connectivity index (χ1n) is 9.52. The van der Waals surface area contributed by atoms with Crippen LogP contribution in [0.15, 0.2) is 36.5 Å². The van der Waals surface area contributed by atoms with E-state index in [1.165, 1.54) is 23.2 Å². The average Bonchev–Trinajstić information content (AvgIpc) is 2.68. The number of amides is 2. The van der Waals surface area contributed by atoms with Gasteiger partial charge in [-0.2, -0.15) is 13.2 Å². The first-order valence-corrected chi connectivity index (χ1v) is 9.90. The Morgan fingerprint density at radius 1 is 1.13 bits per heavy atom. The summed E-state index contributed by atoms with van der Waals surface area (Å²) in [4.78, 5) is 32.4. The number of benzene rings is 1. The van der Waals surface area contributed by atoms with Gasteiger partial charge in [-0.1, -0.05) is 37.6 Å². The quantitative estimate of drug-likeness (QED) is 0.616. The molecule has 0 aliphatic carbocycles. The van der Waals surface area contributed by atoms with Crippen LogP contribution < -0.4 is 4.90 Å². The SMILES string of the molecule is CC(C)C1C(=O)N(c2ncc(Cl)cc2F)CC(=O)N1[C@@H](C)c1ccc(C(F)(F)F)cc1. The molecule has 0 saturated carbocycles. The summed E-state index contributed by atoms with van der Waals surface area (Å²) in [7, 11) is 0.